The number of amides is 2. The Bertz CT molecular complexity index is 643. The van der Waals surface area contributed by atoms with Gasteiger partial charge < -0.3 is 15.0 Å². The van der Waals surface area contributed by atoms with Gasteiger partial charge in [0.05, 0.1) is 25.8 Å². The van der Waals surface area contributed by atoms with Crippen LogP contribution < -0.4 is 5.32 Å². The lowest BCUT2D eigenvalue weighted by Crippen LogP contribution is -2.52. The van der Waals surface area contributed by atoms with E-state index in [-0.39, 0.29) is 12.0 Å². The molecule has 1 N–H and O–H groups in total. The Balaban J connectivity index is 1.41. The average Bonchev–Trinajstić information content (AvgIpc) is 3.30. The second-order valence-electron chi connectivity index (χ2n) is 6.86. The molecule has 3 aliphatic heterocycles. The second-order valence-corrected chi connectivity index (χ2v) is 7.97. The number of hydrogen-bond donors (Lipinski definition) is 1. The number of nitrogens with one attached hydrogen (secondary N) is 1. The van der Waals surface area contributed by atoms with Gasteiger partial charge in [0, 0.05) is 6.54 Å². The van der Waals surface area contributed by atoms with E-state index >= 15 is 0 Å². The molecule has 1 spiro atoms. The predicted octanol–water partition coefficient (Wildman–Crippen LogP) is 1.45. The van der Waals surface area contributed by atoms with E-state index in [0.717, 1.165) is 37.5 Å². The SMILES string of the molecule is O=C1NCC2(CCCN(C(=O)c3cnc(CN4CCCC4)s3)C2)O1. The van der Waals surface area contributed by atoms with Crippen LogP contribution in [0, 0.1) is 0 Å². The van der Waals surface area contributed by atoms with Crippen molar-refractivity contribution in [2.24, 2.45) is 0 Å². The van der Waals surface area contributed by atoms with Crippen molar-refractivity contribution in [3.63, 3.8) is 0 Å². The first-order chi connectivity index (χ1) is 11.6. The minimum Gasteiger partial charge on any atom is -0.439 e. The van der Waals surface area contributed by atoms with E-state index < -0.39 is 5.60 Å². The lowest BCUT2D eigenvalue weighted by Gasteiger charge is -2.37. The lowest BCUT2D eigenvalue weighted by atomic mass is 9.93. The van der Waals surface area contributed by atoms with Gasteiger partial charge in [0.15, 0.2) is 0 Å². The van der Waals surface area contributed by atoms with Crippen LogP contribution in [0.3, 0.4) is 0 Å². The largest absolute Gasteiger partial charge is 0.439 e. The summed E-state index contributed by atoms with van der Waals surface area (Å²) in [6.45, 7) is 4.73. The molecule has 1 unspecified atom stereocenters. The van der Waals surface area contributed by atoms with Crippen molar-refractivity contribution in [1.29, 1.82) is 0 Å². The van der Waals surface area contributed by atoms with Gasteiger partial charge in [-0.1, -0.05) is 0 Å². The van der Waals surface area contributed by atoms with Gasteiger partial charge in [0.2, 0.25) is 0 Å². The Labute approximate surface area is 145 Å². The summed E-state index contributed by atoms with van der Waals surface area (Å²) < 4.78 is 5.44. The zero-order valence-corrected chi connectivity index (χ0v) is 14.4. The molecule has 0 bridgehead atoms. The summed E-state index contributed by atoms with van der Waals surface area (Å²) >= 11 is 1.49. The zero-order chi connectivity index (χ0) is 16.6. The predicted molar refractivity (Wildman–Crippen MR) is 89.0 cm³/mol. The van der Waals surface area contributed by atoms with Crippen molar-refractivity contribution >= 4 is 23.3 Å². The molecule has 3 saturated heterocycles. The van der Waals surface area contributed by atoms with Crippen LogP contribution in [0.25, 0.3) is 0 Å². The topological polar surface area (TPSA) is 74.8 Å². The van der Waals surface area contributed by atoms with Gasteiger partial charge in [0.25, 0.3) is 5.91 Å². The number of carbonyl (C=O) groups excluding carboxylic acids is 2. The number of piperidine rings is 1. The molecule has 0 aliphatic carbocycles. The first kappa shape index (κ1) is 15.8. The molecule has 24 heavy (non-hydrogen) atoms. The number of alkyl carbamates (subject to hydrolysis) is 1. The third kappa shape index (κ3) is 3.12. The third-order valence-electron chi connectivity index (χ3n) is 5.01. The Kier molecular flexibility index (Phi) is 4.17. The molecule has 7 nitrogen and oxygen atoms in total. The van der Waals surface area contributed by atoms with Crippen LogP contribution in [0.2, 0.25) is 0 Å². The molecule has 3 aliphatic rings. The maximum absolute atomic E-state index is 12.8. The van der Waals surface area contributed by atoms with E-state index in [2.05, 4.69) is 15.2 Å². The first-order valence-corrected chi connectivity index (χ1v) is 9.38. The van der Waals surface area contributed by atoms with Crippen LogP contribution in [0.15, 0.2) is 6.20 Å². The van der Waals surface area contributed by atoms with Gasteiger partial charge in [-0.3, -0.25) is 9.69 Å². The van der Waals surface area contributed by atoms with Gasteiger partial charge in [-0.25, -0.2) is 9.78 Å². The van der Waals surface area contributed by atoms with Crippen molar-refractivity contribution in [1.82, 2.24) is 20.1 Å². The number of aromatic nitrogens is 1. The lowest BCUT2D eigenvalue weighted by molar-refractivity contribution is -0.00488. The summed E-state index contributed by atoms with van der Waals surface area (Å²) in [5.41, 5.74) is -0.548. The molecular formula is C16H22N4O3S. The van der Waals surface area contributed by atoms with Gasteiger partial charge in [0.1, 0.15) is 15.5 Å². The third-order valence-corrected chi connectivity index (χ3v) is 5.98. The van der Waals surface area contributed by atoms with Crippen molar-refractivity contribution in [2.45, 2.75) is 37.8 Å². The highest BCUT2D eigenvalue weighted by Crippen LogP contribution is 2.29. The molecule has 4 rings (SSSR count). The normalized spacial score (nSPS) is 27.5. The minimum atomic E-state index is -0.548. The minimum absolute atomic E-state index is 0.00203. The van der Waals surface area contributed by atoms with Gasteiger partial charge in [-0.15, -0.1) is 11.3 Å². The summed E-state index contributed by atoms with van der Waals surface area (Å²) in [7, 11) is 0. The highest BCUT2D eigenvalue weighted by atomic mass is 32.1. The Morgan fingerprint density at radius 2 is 2.17 bits per heavy atom. The number of carbonyl (C=O) groups is 2. The summed E-state index contributed by atoms with van der Waals surface area (Å²) in [6, 6.07) is 0. The summed E-state index contributed by atoms with van der Waals surface area (Å²) in [4.78, 5) is 33.5. The number of rotatable bonds is 3. The average molecular weight is 350 g/mol. The fourth-order valence-electron chi connectivity index (χ4n) is 3.77. The number of nitrogens with zero attached hydrogens (tertiary/aromatic N) is 3. The van der Waals surface area contributed by atoms with Crippen molar-refractivity contribution in [2.75, 3.05) is 32.7 Å². The maximum atomic E-state index is 12.8. The molecular weight excluding hydrogens is 328 g/mol. The quantitative estimate of drug-likeness (QED) is 0.893. The Morgan fingerprint density at radius 3 is 2.92 bits per heavy atom. The number of likely N-dealkylation sites (tertiary alicyclic amines) is 2. The van der Waals surface area contributed by atoms with Gasteiger partial charge in [-0.05, 0) is 38.8 Å². The van der Waals surface area contributed by atoms with Crippen LogP contribution in [0.4, 0.5) is 4.79 Å². The standard InChI is InChI=1S/C16H22N4O3S/c21-14(12-8-17-13(24-12)9-19-5-1-2-6-19)20-7-3-4-16(11-20)10-18-15(22)23-16/h8H,1-7,9-11H2,(H,18,22). The van der Waals surface area contributed by atoms with E-state index in [1.165, 1.54) is 24.2 Å². The molecule has 1 aromatic rings. The Morgan fingerprint density at radius 1 is 1.33 bits per heavy atom. The molecule has 1 aromatic heterocycles. The molecule has 1 atom stereocenters. The fourth-order valence-corrected chi connectivity index (χ4v) is 4.70. The molecule has 8 heteroatoms. The van der Waals surface area contributed by atoms with Crippen LogP contribution in [-0.2, 0) is 11.3 Å². The van der Waals surface area contributed by atoms with Crippen molar-refractivity contribution in [3.05, 3.63) is 16.1 Å². The maximum Gasteiger partial charge on any atom is 0.407 e. The molecule has 2 amide bonds. The monoisotopic (exact) mass is 350 g/mol. The molecule has 130 valence electrons. The summed E-state index contributed by atoms with van der Waals surface area (Å²) in [6.07, 6.45) is 5.46. The molecule has 3 fully saturated rings. The van der Waals surface area contributed by atoms with Crippen molar-refractivity contribution < 1.29 is 14.3 Å². The van der Waals surface area contributed by atoms with E-state index in [1.807, 2.05) is 0 Å². The van der Waals surface area contributed by atoms with Crippen LogP contribution in [-0.4, -0.2) is 65.1 Å². The van der Waals surface area contributed by atoms with E-state index in [1.54, 1.807) is 11.1 Å². The van der Waals surface area contributed by atoms with Gasteiger partial charge in [-0.2, -0.15) is 0 Å². The molecule has 0 saturated carbocycles. The summed E-state index contributed by atoms with van der Waals surface area (Å²) in [5.74, 6) is 0.00203. The number of thiazole rings is 1. The van der Waals surface area contributed by atoms with Crippen molar-refractivity contribution in [3.8, 4) is 0 Å². The first-order valence-electron chi connectivity index (χ1n) is 8.57. The van der Waals surface area contributed by atoms with E-state index in [0.29, 0.717) is 24.5 Å². The summed E-state index contributed by atoms with van der Waals surface area (Å²) in [5, 5.41) is 3.71. The Hall–Kier alpha value is -1.67. The van der Waals surface area contributed by atoms with E-state index in [9.17, 15) is 9.59 Å². The molecule has 4 heterocycles. The van der Waals surface area contributed by atoms with Crippen LogP contribution >= 0.6 is 11.3 Å². The highest BCUT2D eigenvalue weighted by molar-refractivity contribution is 7.13. The number of hydrogen-bond acceptors (Lipinski definition) is 6. The fraction of sp³-hybridized carbons (Fsp3) is 0.688. The second kappa shape index (κ2) is 6.33. The van der Waals surface area contributed by atoms with Crippen LogP contribution in [0.1, 0.15) is 40.4 Å². The zero-order valence-electron chi connectivity index (χ0n) is 13.6. The smallest absolute Gasteiger partial charge is 0.407 e. The van der Waals surface area contributed by atoms with E-state index in [4.69, 9.17) is 4.74 Å². The van der Waals surface area contributed by atoms with Gasteiger partial charge >= 0.3 is 6.09 Å². The molecule has 0 aromatic carbocycles. The number of ether oxygens (including phenoxy) is 1. The molecule has 0 radical (unpaired) electrons. The van der Waals surface area contributed by atoms with Crippen LogP contribution in [0.5, 0.6) is 0 Å². The highest BCUT2D eigenvalue weighted by Gasteiger charge is 2.45.